The fraction of sp³-hybridized carbons (Fsp3) is 0.909. The predicted molar refractivity (Wildman–Crippen MR) is 65.2 cm³/mol. The molecular weight excluding hydrogens is 206 g/mol. The Morgan fingerprint density at radius 1 is 1.50 bits per heavy atom. The van der Waals surface area contributed by atoms with Crippen molar-refractivity contribution in [2.24, 2.45) is 11.7 Å². The maximum atomic E-state index is 11.3. The standard InChI is InChI=1S/C11H25N3O2/c1-5-16-10(6-12)8-14(4)7-9(2)11(15)13-3/h9-10H,5-8,12H2,1-4H3,(H,13,15). The van der Waals surface area contributed by atoms with E-state index in [0.29, 0.717) is 19.7 Å². The van der Waals surface area contributed by atoms with Crippen LogP contribution in [0, 0.1) is 5.92 Å². The summed E-state index contributed by atoms with van der Waals surface area (Å²) in [5.41, 5.74) is 5.59. The Bertz CT molecular complexity index is 200. The molecule has 0 heterocycles. The Labute approximate surface area is 98.3 Å². The van der Waals surface area contributed by atoms with Gasteiger partial charge in [0, 0.05) is 39.2 Å². The van der Waals surface area contributed by atoms with Crippen molar-refractivity contribution in [3.63, 3.8) is 0 Å². The van der Waals surface area contributed by atoms with Gasteiger partial charge < -0.3 is 20.7 Å². The normalized spacial score (nSPS) is 14.9. The third kappa shape index (κ3) is 6.05. The molecule has 5 nitrogen and oxygen atoms in total. The van der Waals surface area contributed by atoms with Crippen molar-refractivity contribution in [3.8, 4) is 0 Å². The first-order valence-electron chi connectivity index (χ1n) is 5.76. The molecule has 0 radical (unpaired) electrons. The Hall–Kier alpha value is -0.650. The van der Waals surface area contributed by atoms with Crippen LogP contribution < -0.4 is 11.1 Å². The average molecular weight is 231 g/mol. The number of likely N-dealkylation sites (N-methyl/N-ethyl adjacent to an activating group) is 1. The molecule has 0 aromatic heterocycles. The molecule has 3 N–H and O–H groups in total. The molecule has 0 rings (SSSR count). The number of rotatable bonds is 8. The highest BCUT2D eigenvalue weighted by Crippen LogP contribution is 2.00. The third-order valence-corrected chi connectivity index (χ3v) is 2.46. The number of hydrogen-bond acceptors (Lipinski definition) is 4. The van der Waals surface area contributed by atoms with Crippen molar-refractivity contribution < 1.29 is 9.53 Å². The number of carbonyl (C=O) groups is 1. The van der Waals surface area contributed by atoms with Gasteiger partial charge in [0.2, 0.25) is 5.91 Å². The van der Waals surface area contributed by atoms with Gasteiger partial charge in [-0.1, -0.05) is 6.92 Å². The molecule has 0 aliphatic carbocycles. The quantitative estimate of drug-likeness (QED) is 0.600. The van der Waals surface area contributed by atoms with E-state index < -0.39 is 0 Å². The highest BCUT2D eigenvalue weighted by atomic mass is 16.5. The van der Waals surface area contributed by atoms with Crippen LogP contribution >= 0.6 is 0 Å². The molecule has 5 heteroatoms. The van der Waals surface area contributed by atoms with Crippen LogP contribution in [-0.4, -0.2) is 57.2 Å². The van der Waals surface area contributed by atoms with Gasteiger partial charge in [-0.3, -0.25) is 4.79 Å². The molecule has 0 saturated heterocycles. The van der Waals surface area contributed by atoms with Crippen molar-refractivity contribution in [2.75, 3.05) is 40.3 Å². The van der Waals surface area contributed by atoms with E-state index in [2.05, 4.69) is 10.2 Å². The zero-order valence-corrected chi connectivity index (χ0v) is 10.8. The molecule has 2 unspecified atom stereocenters. The molecule has 0 aromatic carbocycles. The van der Waals surface area contributed by atoms with Crippen LogP contribution in [0.2, 0.25) is 0 Å². The number of carbonyl (C=O) groups excluding carboxylic acids is 1. The lowest BCUT2D eigenvalue weighted by Crippen LogP contribution is -2.40. The van der Waals surface area contributed by atoms with Crippen molar-refractivity contribution in [3.05, 3.63) is 0 Å². The van der Waals surface area contributed by atoms with Gasteiger partial charge in [-0.05, 0) is 14.0 Å². The molecular formula is C11H25N3O2. The van der Waals surface area contributed by atoms with E-state index >= 15 is 0 Å². The minimum atomic E-state index is -0.0185. The van der Waals surface area contributed by atoms with E-state index in [1.54, 1.807) is 7.05 Å². The van der Waals surface area contributed by atoms with Gasteiger partial charge in [-0.2, -0.15) is 0 Å². The van der Waals surface area contributed by atoms with Crippen LogP contribution in [0.3, 0.4) is 0 Å². The monoisotopic (exact) mass is 231 g/mol. The van der Waals surface area contributed by atoms with E-state index in [1.165, 1.54) is 0 Å². The number of nitrogens with one attached hydrogen (secondary N) is 1. The lowest BCUT2D eigenvalue weighted by molar-refractivity contribution is -0.124. The van der Waals surface area contributed by atoms with Crippen LogP contribution in [0.4, 0.5) is 0 Å². The molecule has 0 aromatic rings. The Kier molecular flexibility index (Phi) is 8.15. The number of ether oxygens (including phenoxy) is 1. The smallest absolute Gasteiger partial charge is 0.223 e. The van der Waals surface area contributed by atoms with Gasteiger partial charge in [-0.15, -0.1) is 0 Å². The molecule has 16 heavy (non-hydrogen) atoms. The van der Waals surface area contributed by atoms with Crippen LogP contribution in [0.5, 0.6) is 0 Å². The summed E-state index contributed by atoms with van der Waals surface area (Å²) < 4.78 is 5.46. The van der Waals surface area contributed by atoms with Gasteiger partial charge in [0.1, 0.15) is 0 Å². The first-order valence-corrected chi connectivity index (χ1v) is 5.76. The zero-order chi connectivity index (χ0) is 12.6. The lowest BCUT2D eigenvalue weighted by Gasteiger charge is -2.24. The Morgan fingerprint density at radius 2 is 2.12 bits per heavy atom. The van der Waals surface area contributed by atoms with Crippen molar-refractivity contribution >= 4 is 5.91 Å². The first kappa shape index (κ1) is 15.3. The summed E-state index contributed by atoms with van der Waals surface area (Å²) in [6, 6.07) is 0. The fourth-order valence-corrected chi connectivity index (χ4v) is 1.65. The average Bonchev–Trinajstić information content (AvgIpc) is 2.27. The van der Waals surface area contributed by atoms with Gasteiger partial charge in [0.25, 0.3) is 0 Å². The summed E-state index contributed by atoms with van der Waals surface area (Å²) in [7, 11) is 3.63. The van der Waals surface area contributed by atoms with Crippen molar-refractivity contribution in [1.29, 1.82) is 0 Å². The number of amides is 1. The summed E-state index contributed by atoms with van der Waals surface area (Å²) in [5.74, 6) is 0.0441. The molecule has 0 bridgehead atoms. The summed E-state index contributed by atoms with van der Waals surface area (Å²) >= 11 is 0. The van der Waals surface area contributed by atoms with Gasteiger partial charge >= 0.3 is 0 Å². The van der Waals surface area contributed by atoms with Gasteiger partial charge in [0.15, 0.2) is 0 Å². The Balaban J connectivity index is 3.95. The predicted octanol–water partition coefficient (Wildman–Crippen LogP) is -0.336. The highest BCUT2D eigenvalue weighted by Gasteiger charge is 2.16. The second kappa shape index (κ2) is 8.50. The SMILES string of the molecule is CCOC(CN)CN(C)CC(C)C(=O)NC. The fourth-order valence-electron chi connectivity index (χ4n) is 1.65. The van der Waals surface area contributed by atoms with Gasteiger partial charge in [0.05, 0.1) is 6.10 Å². The zero-order valence-electron chi connectivity index (χ0n) is 10.8. The second-order valence-corrected chi connectivity index (χ2v) is 4.05. The van der Waals surface area contributed by atoms with Crippen LogP contribution in [0.25, 0.3) is 0 Å². The topological polar surface area (TPSA) is 67.6 Å². The van der Waals surface area contributed by atoms with E-state index in [0.717, 1.165) is 6.54 Å². The third-order valence-electron chi connectivity index (χ3n) is 2.46. The highest BCUT2D eigenvalue weighted by molar-refractivity contribution is 5.78. The summed E-state index contributed by atoms with van der Waals surface area (Å²) in [6.45, 7) is 6.51. The summed E-state index contributed by atoms with van der Waals surface area (Å²) in [4.78, 5) is 13.4. The molecule has 0 saturated carbocycles. The van der Waals surface area contributed by atoms with E-state index in [9.17, 15) is 4.79 Å². The van der Waals surface area contributed by atoms with Gasteiger partial charge in [-0.25, -0.2) is 0 Å². The maximum Gasteiger partial charge on any atom is 0.223 e. The lowest BCUT2D eigenvalue weighted by atomic mass is 10.1. The van der Waals surface area contributed by atoms with Crippen molar-refractivity contribution in [2.45, 2.75) is 20.0 Å². The largest absolute Gasteiger partial charge is 0.376 e. The summed E-state index contributed by atoms with van der Waals surface area (Å²) in [5, 5.41) is 2.64. The molecule has 96 valence electrons. The van der Waals surface area contributed by atoms with E-state index in [-0.39, 0.29) is 17.9 Å². The number of hydrogen-bond donors (Lipinski definition) is 2. The molecule has 0 fully saturated rings. The minimum absolute atomic E-state index is 0.0185. The first-order chi connectivity index (χ1) is 7.54. The maximum absolute atomic E-state index is 11.3. The van der Waals surface area contributed by atoms with E-state index in [4.69, 9.17) is 10.5 Å². The van der Waals surface area contributed by atoms with E-state index in [1.807, 2.05) is 20.9 Å². The van der Waals surface area contributed by atoms with Crippen LogP contribution in [0.1, 0.15) is 13.8 Å². The second-order valence-electron chi connectivity index (χ2n) is 4.05. The minimum Gasteiger partial charge on any atom is -0.376 e. The Morgan fingerprint density at radius 3 is 2.56 bits per heavy atom. The number of nitrogens with two attached hydrogens (primary N) is 1. The molecule has 0 aliphatic rings. The van der Waals surface area contributed by atoms with Crippen molar-refractivity contribution in [1.82, 2.24) is 10.2 Å². The summed E-state index contributed by atoms with van der Waals surface area (Å²) in [6.07, 6.45) is 0.0480. The van der Waals surface area contributed by atoms with Crippen LogP contribution in [0.15, 0.2) is 0 Å². The molecule has 0 spiro atoms. The van der Waals surface area contributed by atoms with Crippen LogP contribution in [-0.2, 0) is 9.53 Å². The molecule has 1 amide bonds. The molecule has 0 aliphatic heterocycles. The molecule has 2 atom stereocenters. The number of nitrogens with zero attached hydrogens (tertiary/aromatic N) is 1.